The smallest absolute Gasteiger partial charge is 0.235 e. The van der Waals surface area contributed by atoms with E-state index in [9.17, 15) is 4.79 Å². The molecule has 0 radical (unpaired) electrons. The van der Waals surface area contributed by atoms with Crippen molar-refractivity contribution in [2.45, 2.75) is 24.2 Å². The molecule has 3 aromatic rings. The van der Waals surface area contributed by atoms with E-state index in [-0.39, 0.29) is 12.7 Å². The Morgan fingerprint density at radius 2 is 1.80 bits per heavy atom. The summed E-state index contributed by atoms with van der Waals surface area (Å²) in [6.07, 6.45) is 1.69. The zero-order valence-corrected chi connectivity index (χ0v) is 16.5. The van der Waals surface area contributed by atoms with Crippen molar-refractivity contribution in [1.29, 1.82) is 0 Å². The lowest BCUT2D eigenvalue weighted by Crippen LogP contribution is -2.27. The number of benzene rings is 3. The summed E-state index contributed by atoms with van der Waals surface area (Å²) >= 11 is 0. The highest BCUT2D eigenvalue weighted by atomic mass is 16.7. The molecule has 2 N–H and O–H groups in total. The van der Waals surface area contributed by atoms with Crippen LogP contribution in [-0.4, -0.2) is 19.2 Å². The number of hydrogen-bond donors (Lipinski definition) is 2. The lowest BCUT2D eigenvalue weighted by molar-refractivity contribution is -0.118. The lowest BCUT2D eigenvalue weighted by atomic mass is 9.92. The van der Waals surface area contributed by atoms with Crippen LogP contribution < -0.4 is 20.1 Å². The predicted molar refractivity (Wildman–Crippen MR) is 115 cm³/mol. The van der Waals surface area contributed by atoms with E-state index in [2.05, 4.69) is 47.0 Å². The monoisotopic (exact) mass is 398 g/mol. The summed E-state index contributed by atoms with van der Waals surface area (Å²) in [6, 6.07) is 22.5. The summed E-state index contributed by atoms with van der Waals surface area (Å²) < 4.78 is 10.9. The normalized spacial score (nSPS) is 19.7. The molecule has 3 aromatic carbocycles. The Balaban J connectivity index is 1.26. The van der Waals surface area contributed by atoms with Crippen molar-refractivity contribution in [1.82, 2.24) is 0 Å². The highest BCUT2D eigenvalue weighted by Crippen LogP contribution is 2.51. The molecular weight excluding hydrogens is 376 g/mol. The van der Waals surface area contributed by atoms with E-state index in [4.69, 9.17) is 9.47 Å². The number of amides is 1. The van der Waals surface area contributed by atoms with Crippen LogP contribution in [0.3, 0.4) is 0 Å². The van der Waals surface area contributed by atoms with Gasteiger partial charge in [-0.3, -0.25) is 4.79 Å². The van der Waals surface area contributed by atoms with E-state index in [1.807, 2.05) is 30.3 Å². The first-order valence-corrected chi connectivity index (χ1v) is 10.4. The molecule has 1 fully saturated rings. The molecule has 2 aliphatic heterocycles. The maximum atomic E-state index is 13.3. The highest BCUT2D eigenvalue weighted by Gasteiger charge is 2.51. The Labute approximate surface area is 175 Å². The minimum atomic E-state index is -0.475. The standard InChI is InChI=1S/C25H22N2O3/c28-24(25(10-11-25)17-6-9-22-23(12-17)30-15-29-22)27-18-7-8-21-19(13-18)20(14-26-21)16-4-2-1-3-5-16/h1-9,12-13,20,26H,10-11,14-15H2,(H,27,28). The van der Waals surface area contributed by atoms with Crippen LogP contribution >= 0.6 is 0 Å². The summed E-state index contributed by atoms with van der Waals surface area (Å²) in [5.41, 5.74) is 5.01. The van der Waals surface area contributed by atoms with Gasteiger partial charge in [-0.15, -0.1) is 0 Å². The summed E-state index contributed by atoms with van der Waals surface area (Å²) in [5.74, 6) is 1.80. The molecule has 0 spiro atoms. The van der Waals surface area contributed by atoms with Gasteiger partial charge in [-0.1, -0.05) is 36.4 Å². The first-order chi connectivity index (χ1) is 14.7. The van der Waals surface area contributed by atoms with Crippen molar-refractivity contribution in [2.75, 3.05) is 24.0 Å². The number of hydrogen-bond acceptors (Lipinski definition) is 4. The zero-order chi connectivity index (χ0) is 20.1. The number of carbonyl (C=O) groups is 1. The number of fused-ring (bicyclic) bond motifs is 2. The van der Waals surface area contributed by atoms with Crippen LogP contribution in [0.4, 0.5) is 11.4 Å². The van der Waals surface area contributed by atoms with Gasteiger partial charge in [-0.25, -0.2) is 0 Å². The minimum Gasteiger partial charge on any atom is -0.454 e. The summed E-state index contributed by atoms with van der Waals surface area (Å²) in [4.78, 5) is 13.3. The molecule has 150 valence electrons. The third-order valence-electron chi connectivity index (χ3n) is 6.49. The van der Waals surface area contributed by atoms with Crippen LogP contribution in [0.15, 0.2) is 66.7 Å². The SMILES string of the molecule is O=C(Nc1ccc2c(c1)C(c1ccccc1)CN2)C1(c2ccc3c(c2)OCO3)CC1. The van der Waals surface area contributed by atoms with Crippen LogP contribution in [-0.2, 0) is 10.2 Å². The molecule has 2 heterocycles. The molecule has 30 heavy (non-hydrogen) atoms. The Hall–Kier alpha value is -3.47. The molecule has 0 aromatic heterocycles. The van der Waals surface area contributed by atoms with E-state index in [0.717, 1.165) is 47.8 Å². The van der Waals surface area contributed by atoms with Gasteiger partial charge in [0.05, 0.1) is 5.41 Å². The largest absolute Gasteiger partial charge is 0.454 e. The maximum Gasteiger partial charge on any atom is 0.235 e. The molecule has 1 unspecified atom stereocenters. The fourth-order valence-electron chi connectivity index (χ4n) is 4.61. The zero-order valence-electron chi connectivity index (χ0n) is 16.5. The molecule has 3 aliphatic rings. The Morgan fingerprint density at radius 3 is 2.63 bits per heavy atom. The van der Waals surface area contributed by atoms with Gasteiger partial charge in [0.15, 0.2) is 11.5 Å². The van der Waals surface area contributed by atoms with E-state index in [0.29, 0.717) is 5.92 Å². The van der Waals surface area contributed by atoms with Gasteiger partial charge in [0.25, 0.3) is 0 Å². The molecule has 0 bridgehead atoms. The average Bonchev–Trinajstić information content (AvgIpc) is 3.28. The van der Waals surface area contributed by atoms with Crippen molar-refractivity contribution < 1.29 is 14.3 Å². The Kier molecular flexibility index (Phi) is 3.78. The quantitative estimate of drug-likeness (QED) is 0.672. The second-order valence-electron chi connectivity index (χ2n) is 8.25. The van der Waals surface area contributed by atoms with Gasteiger partial charge in [-0.2, -0.15) is 0 Å². The molecule has 5 nitrogen and oxygen atoms in total. The van der Waals surface area contributed by atoms with Crippen LogP contribution in [0, 0.1) is 0 Å². The fourth-order valence-corrected chi connectivity index (χ4v) is 4.61. The van der Waals surface area contributed by atoms with Gasteiger partial charge in [0.2, 0.25) is 12.7 Å². The van der Waals surface area contributed by atoms with Gasteiger partial charge in [-0.05, 0) is 59.9 Å². The van der Waals surface area contributed by atoms with Crippen LogP contribution in [0.2, 0.25) is 0 Å². The van der Waals surface area contributed by atoms with Crippen molar-refractivity contribution in [3.63, 3.8) is 0 Å². The summed E-state index contributed by atoms with van der Waals surface area (Å²) in [7, 11) is 0. The number of rotatable bonds is 4. The van der Waals surface area contributed by atoms with Gasteiger partial charge in [0, 0.05) is 23.8 Å². The molecular formula is C25H22N2O3. The van der Waals surface area contributed by atoms with E-state index >= 15 is 0 Å². The third kappa shape index (κ3) is 2.73. The van der Waals surface area contributed by atoms with Crippen LogP contribution in [0.5, 0.6) is 11.5 Å². The van der Waals surface area contributed by atoms with E-state index in [1.165, 1.54) is 11.1 Å². The number of anilines is 2. The highest BCUT2D eigenvalue weighted by molar-refractivity contribution is 6.01. The summed E-state index contributed by atoms with van der Waals surface area (Å²) in [5, 5.41) is 6.66. The van der Waals surface area contributed by atoms with E-state index in [1.54, 1.807) is 0 Å². The van der Waals surface area contributed by atoms with Crippen molar-refractivity contribution in [3.05, 3.63) is 83.4 Å². The molecule has 0 saturated heterocycles. The van der Waals surface area contributed by atoms with E-state index < -0.39 is 5.41 Å². The first kappa shape index (κ1) is 17.4. The topological polar surface area (TPSA) is 59.6 Å². The number of nitrogens with one attached hydrogen (secondary N) is 2. The molecule has 5 heteroatoms. The fraction of sp³-hybridized carbons (Fsp3) is 0.240. The van der Waals surface area contributed by atoms with Crippen LogP contribution in [0.25, 0.3) is 0 Å². The maximum absolute atomic E-state index is 13.3. The first-order valence-electron chi connectivity index (χ1n) is 10.4. The van der Waals surface area contributed by atoms with Crippen molar-refractivity contribution in [2.24, 2.45) is 0 Å². The molecule has 1 amide bonds. The average molecular weight is 398 g/mol. The lowest BCUT2D eigenvalue weighted by Gasteiger charge is -2.17. The minimum absolute atomic E-state index is 0.0449. The summed E-state index contributed by atoms with van der Waals surface area (Å²) in [6.45, 7) is 1.11. The van der Waals surface area contributed by atoms with Gasteiger partial charge >= 0.3 is 0 Å². The predicted octanol–water partition coefficient (Wildman–Crippen LogP) is 4.64. The third-order valence-corrected chi connectivity index (χ3v) is 6.49. The second-order valence-corrected chi connectivity index (χ2v) is 8.25. The molecule has 1 atom stereocenters. The number of carbonyl (C=O) groups excluding carboxylic acids is 1. The van der Waals surface area contributed by atoms with Crippen LogP contribution in [0.1, 0.15) is 35.4 Å². The van der Waals surface area contributed by atoms with Crippen molar-refractivity contribution >= 4 is 17.3 Å². The number of ether oxygens (including phenoxy) is 2. The Bertz CT molecular complexity index is 1140. The molecule has 6 rings (SSSR count). The molecule has 1 aliphatic carbocycles. The van der Waals surface area contributed by atoms with Gasteiger partial charge in [0.1, 0.15) is 0 Å². The molecule has 1 saturated carbocycles. The Morgan fingerprint density at radius 1 is 0.967 bits per heavy atom. The van der Waals surface area contributed by atoms with Gasteiger partial charge < -0.3 is 20.1 Å². The van der Waals surface area contributed by atoms with Crippen molar-refractivity contribution in [3.8, 4) is 11.5 Å². The second kappa shape index (κ2) is 6.52.